The number of phenols is 1. The summed E-state index contributed by atoms with van der Waals surface area (Å²) in [4.78, 5) is 43.7. The van der Waals surface area contributed by atoms with Crippen LogP contribution < -0.4 is 10.6 Å². The molecule has 0 bridgehead atoms. The highest BCUT2D eigenvalue weighted by Gasteiger charge is 2.36. The fourth-order valence-electron chi connectivity index (χ4n) is 5.26. The van der Waals surface area contributed by atoms with Crippen LogP contribution in [0.25, 0.3) is 0 Å². The monoisotopic (exact) mass is 649 g/mol. The quantitative estimate of drug-likeness (QED) is 0.152. The first-order valence-corrected chi connectivity index (χ1v) is 16.4. The predicted octanol–water partition coefficient (Wildman–Crippen LogP) is 8.28. The summed E-state index contributed by atoms with van der Waals surface area (Å²) in [7, 11) is 0. The molecule has 0 aromatic heterocycles. The lowest BCUT2D eigenvalue weighted by atomic mass is 9.98. The summed E-state index contributed by atoms with van der Waals surface area (Å²) in [6, 6.07) is 17.3. The third kappa shape index (κ3) is 11.1. The third-order valence-corrected chi connectivity index (χ3v) is 7.85. The topological polar surface area (TPSA) is 108 Å². The Morgan fingerprint density at radius 3 is 2.24 bits per heavy atom. The number of aromatic hydroxyl groups is 1. The first-order chi connectivity index (χ1) is 21.8. The maximum absolute atomic E-state index is 14.7. The summed E-state index contributed by atoms with van der Waals surface area (Å²) in [6.45, 7) is 11.5. The number of nitrogens with one attached hydrogen (secondary N) is 2. The molecule has 248 valence electrons. The van der Waals surface area contributed by atoms with Gasteiger partial charge in [0.05, 0.1) is 10.7 Å². The third-order valence-electron chi connectivity index (χ3n) is 7.54. The number of alkyl carbamates (subject to hydrolysis) is 1. The average Bonchev–Trinajstić information content (AvgIpc) is 2.98. The van der Waals surface area contributed by atoms with Gasteiger partial charge in [-0.05, 0) is 75.9 Å². The second-order valence-electron chi connectivity index (χ2n) is 12.8. The van der Waals surface area contributed by atoms with Crippen molar-refractivity contribution in [3.8, 4) is 5.75 Å². The number of hydrogen-bond acceptors (Lipinski definition) is 5. The molecule has 0 heterocycles. The van der Waals surface area contributed by atoms with Crippen molar-refractivity contribution in [1.29, 1.82) is 0 Å². The number of aryl methyl sites for hydroxylation is 2. The van der Waals surface area contributed by atoms with Crippen LogP contribution >= 0.6 is 11.6 Å². The number of benzene rings is 3. The maximum Gasteiger partial charge on any atom is 0.408 e. The van der Waals surface area contributed by atoms with Crippen LogP contribution in [0, 0.1) is 13.8 Å². The number of para-hydroxylation sites is 1. The van der Waals surface area contributed by atoms with Crippen LogP contribution in [0.2, 0.25) is 5.02 Å². The number of rotatable bonds is 14. The van der Waals surface area contributed by atoms with Gasteiger partial charge in [-0.1, -0.05) is 98.3 Å². The number of carbonyl (C=O) groups is 3. The van der Waals surface area contributed by atoms with Crippen LogP contribution in [0.4, 0.5) is 10.5 Å². The Bertz CT molecular complexity index is 1450. The molecule has 46 heavy (non-hydrogen) atoms. The van der Waals surface area contributed by atoms with E-state index in [0.717, 1.165) is 42.4 Å². The van der Waals surface area contributed by atoms with E-state index in [1.54, 1.807) is 43.9 Å². The van der Waals surface area contributed by atoms with Gasteiger partial charge in [-0.2, -0.15) is 0 Å². The van der Waals surface area contributed by atoms with Gasteiger partial charge in [0, 0.05) is 13.0 Å². The van der Waals surface area contributed by atoms with E-state index in [-0.39, 0.29) is 18.7 Å². The molecule has 2 atom stereocenters. The first-order valence-electron chi connectivity index (χ1n) is 16.0. The molecule has 0 saturated heterocycles. The fraction of sp³-hybridized carbons (Fsp3) is 0.432. The molecule has 3 aromatic rings. The number of halogens is 1. The van der Waals surface area contributed by atoms with Crippen molar-refractivity contribution >= 4 is 35.2 Å². The molecule has 2 unspecified atom stereocenters. The molecule has 9 heteroatoms. The van der Waals surface area contributed by atoms with Crippen molar-refractivity contribution in [3.05, 3.63) is 94.0 Å². The van der Waals surface area contributed by atoms with E-state index < -0.39 is 35.6 Å². The zero-order valence-corrected chi connectivity index (χ0v) is 28.6. The van der Waals surface area contributed by atoms with E-state index in [4.69, 9.17) is 16.3 Å². The summed E-state index contributed by atoms with van der Waals surface area (Å²) in [5, 5.41) is 16.0. The minimum atomic E-state index is -1.06. The normalized spacial score (nSPS) is 12.6. The van der Waals surface area contributed by atoms with Gasteiger partial charge in [-0.15, -0.1) is 0 Å². The van der Waals surface area contributed by atoms with Crippen LogP contribution in [0.15, 0.2) is 66.7 Å². The summed E-state index contributed by atoms with van der Waals surface area (Å²) in [6.07, 6.45) is 4.09. The van der Waals surface area contributed by atoms with Gasteiger partial charge in [-0.25, -0.2) is 4.79 Å². The van der Waals surface area contributed by atoms with Crippen LogP contribution in [-0.4, -0.2) is 46.1 Å². The van der Waals surface area contributed by atoms with Gasteiger partial charge in [0.25, 0.3) is 5.91 Å². The zero-order valence-electron chi connectivity index (χ0n) is 27.9. The standard InChI is InChI=1S/C37H48ClN3O5/c1-7-8-9-10-11-22-41(35(44)31(39-36(45)46-37(4,5)6)24-27-18-20-29(42)21-19-27)33(28-16-12-14-25(2)23-28)34(43)40-32-26(3)15-13-17-30(32)38/h12-21,23,31,33,42H,7-11,22,24H2,1-6H3,(H,39,45)(H,40,43). The van der Waals surface area contributed by atoms with Crippen molar-refractivity contribution in [2.24, 2.45) is 0 Å². The Labute approximate surface area is 278 Å². The van der Waals surface area contributed by atoms with Crippen molar-refractivity contribution in [3.63, 3.8) is 0 Å². The van der Waals surface area contributed by atoms with E-state index in [0.29, 0.717) is 22.7 Å². The Kier molecular flexibility index (Phi) is 13.5. The Balaban J connectivity index is 2.10. The number of carbonyl (C=O) groups excluding carboxylic acids is 3. The molecule has 3 N–H and O–H groups in total. The number of nitrogens with zero attached hydrogens (tertiary/aromatic N) is 1. The molecule has 0 saturated carbocycles. The van der Waals surface area contributed by atoms with Crippen LogP contribution in [0.5, 0.6) is 5.75 Å². The van der Waals surface area contributed by atoms with Gasteiger partial charge in [-0.3, -0.25) is 9.59 Å². The van der Waals surface area contributed by atoms with Gasteiger partial charge >= 0.3 is 6.09 Å². The molecular formula is C37H48ClN3O5. The molecule has 0 aliphatic rings. The van der Waals surface area contributed by atoms with E-state index >= 15 is 0 Å². The lowest BCUT2D eigenvalue weighted by molar-refractivity contribution is -0.140. The summed E-state index contributed by atoms with van der Waals surface area (Å²) in [5.74, 6) is -0.747. The molecule has 0 radical (unpaired) electrons. The number of amides is 3. The molecule has 0 fully saturated rings. The van der Waals surface area contributed by atoms with E-state index in [1.165, 1.54) is 12.1 Å². The lowest BCUT2D eigenvalue weighted by Crippen LogP contribution is -2.53. The summed E-state index contributed by atoms with van der Waals surface area (Å²) >= 11 is 6.51. The predicted molar refractivity (Wildman–Crippen MR) is 184 cm³/mol. The molecule has 8 nitrogen and oxygen atoms in total. The first kappa shape index (κ1) is 36.4. The number of unbranched alkanes of at least 4 members (excludes halogenated alkanes) is 4. The number of phenolic OH excluding ortho intramolecular Hbond substituents is 1. The molecule has 3 aromatic carbocycles. The molecule has 0 spiro atoms. The Morgan fingerprint density at radius 2 is 1.61 bits per heavy atom. The van der Waals surface area contributed by atoms with Crippen molar-refractivity contribution in [2.45, 2.75) is 97.8 Å². The number of hydrogen-bond donors (Lipinski definition) is 3. The average molecular weight is 650 g/mol. The molecule has 3 amide bonds. The fourth-order valence-corrected chi connectivity index (χ4v) is 5.53. The van der Waals surface area contributed by atoms with Crippen LogP contribution in [0.3, 0.4) is 0 Å². The minimum Gasteiger partial charge on any atom is -0.508 e. The lowest BCUT2D eigenvalue weighted by Gasteiger charge is -2.35. The molecule has 0 aliphatic heterocycles. The molecule has 3 rings (SSSR count). The maximum atomic E-state index is 14.7. The van der Waals surface area contributed by atoms with E-state index in [2.05, 4.69) is 17.6 Å². The zero-order chi connectivity index (χ0) is 33.9. The second kappa shape index (κ2) is 17.0. The van der Waals surface area contributed by atoms with Crippen molar-refractivity contribution in [1.82, 2.24) is 10.2 Å². The van der Waals surface area contributed by atoms with Crippen molar-refractivity contribution < 1.29 is 24.2 Å². The van der Waals surface area contributed by atoms with E-state index in [9.17, 15) is 19.5 Å². The van der Waals surface area contributed by atoms with Crippen LogP contribution in [0.1, 0.15) is 88.1 Å². The van der Waals surface area contributed by atoms with Gasteiger partial charge < -0.3 is 25.4 Å². The largest absolute Gasteiger partial charge is 0.508 e. The number of anilines is 1. The molecule has 0 aliphatic carbocycles. The summed E-state index contributed by atoms with van der Waals surface area (Å²) < 4.78 is 5.54. The van der Waals surface area contributed by atoms with Gasteiger partial charge in [0.2, 0.25) is 5.91 Å². The highest BCUT2D eigenvalue weighted by atomic mass is 35.5. The second-order valence-corrected chi connectivity index (χ2v) is 13.2. The number of ether oxygens (including phenoxy) is 1. The Morgan fingerprint density at radius 1 is 0.935 bits per heavy atom. The van der Waals surface area contributed by atoms with Crippen LogP contribution in [-0.2, 0) is 20.7 Å². The minimum absolute atomic E-state index is 0.0893. The molecular weight excluding hydrogens is 602 g/mol. The van der Waals surface area contributed by atoms with Crippen molar-refractivity contribution in [2.75, 3.05) is 11.9 Å². The highest BCUT2D eigenvalue weighted by molar-refractivity contribution is 6.34. The summed E-state index contributed by atoms with van der Waals surface area (Å²) in [5.41, 5.74) is 2.79. The van der Waals surface area contributed by atoms with Gasteiger partial charge in [0.1, 0.15) is 23.4 Å². The SMILES string of the molecule is CCCCCCCN(C(=O)C(Cc1ccc(O)cc1)NC(=O)OC(C)(C)C)C(C(=O)Nc1c(C)cccc1Cl)c1cccc(C)c1. The Hall–Kier alpha value is -4.04. The highest BCUT2D eigenvalue weighted by Crippen LogP contribution is 2.30. The van der Waals surface area contributed by atoms with E-state index in [1.807, 2.05) is 50.2 Å². The van der Waals surface area contributed by atoms with Gasteiger partial charge in [0.15, 0.2) is 0 Å². The smallest absolute Gasteiger partial charge is 0.408 e.